The van der Waals surface area contributed by atoms with Crippen molar-refractivity contribution in [2.45, 2.75) is 94.4 Å². The van der Waals surface area contributed by atoms with Gasteiger partial charge in [0.2, 0.25) is 5.79 Å². The maximum absolute atomic E-state index is 7.60. The van der Waals surface area contributed by atoms with E-state index in [1.54, 1.807) is 0 Å². The molecule has 3 saturated heterocycles. The van der Waals surface area contributed by atoms with E-state index >= 15 is 0 Å². The van der Waals surface area contributed by atoms with E-state index in [0.717, 1.165) is 33.4 Å². The Bertz CT molecular complexity index is 2460. The molecule has 0 N–H and O–H groups in total. The Morgan fingerprint density at radius 2 is 0.849 bits per heavy atom. The van der Waals surface area contributed by atoms with Gasteiger partial charge in [-0.1, -0.05) is 188 Å². The number of fused-ring (bicyclic) bond motifs is 4. The van der Waals surface area contributed by atoms with Crippen LogP contribution in [0.25, 0.3) is 0 Å². The third-order valence-electron chi connectivity index (χ3n) is 13.2. The van der Waals surface area contributed by atoms with E-state index in [1.807, 2.05) is 188 Å². The van der Waals surface area contributed by atoms with E-state index in [0.29, 0.717) is 39.5 Å². The summed E-state index contributed by atoms with van der Waals surface area (Å²) in [6, 6.07) is 60.4. The van der Waals surface area contributed by atoms with Gasteiger partial charge in [-0.3, -0.25) is 4.90 Å². The lowest BCUT2D eigenvalue weighted by atomic mass is 9.97. The van der Waals surface area contributed by atoms with Crippen LogP contribution in [0.5, 0.6) is 0 Å². The van der Waals surface area contributed by atoms with Crippen molar-refractivity contribution < 1.29 is 52.1 Å². The molecular formula is C61H69NO11. The van der Waals surface area contributed by atoms with Gasteiger partial charge in [-0.25, -0.2) is 0 Å². The van der Waals surface area contributed by atoms with E-state index < -0.39 is 54.8 Å². The second kappa shape index (κ2) is 27.8. The molecular weight excluding hydrogens is 923 g/mol. The molecule has 12 heteroatoms. The predicted octanol–water partition coefficient (Wildman–Crippen LogP) is 9.50. The van der Waals surface area contributed by atoms with Crippen LogP contribution >= 0.6 is 0 Å². The van der Waals surface area contributed by atoms with Crippen LogP contribution in [-0.2, 0) is 91.7 Å². The molecule has 6 aromatic rings. The van der Waals surface area contributed by atoms with Crippen LogP contribution in [0.3, 0.4) is 0 Å². The topological polar surface area (TPSA) is 105 Å². The summed E-state index contributed by atoms with van der Waals surface area (Å²) < 4.78 is 77.5. The monoisotopic (exact) mass is 991 g/mol. The molecule has 12 nitrogen and oxygen atoms in total. The maximum Gasteiger partial charge on any atom is 0.224 e. The molecule has 9 atom stereocenters. The molecule has 3 aliphatic rings. The van der Waals surface area contributed by atoms with Crippen molar-refractivity contribution in [2.75, 3.05) is 52.7 Å². The van der Waals surface area contributed by atoms with Gasteiger partial charge in [0, 0.05) is 19.6 Å². The summed E-state index contributed by atoms with van der Waals surface area (Å²) in [5.41, 5.74) is 5.89. The van der Waals surface area contributed by atoms with Crippen LogP contribution in [0.4, 0.5) is 0 Å². The Hall–Kier alpha value is -5.42. The first kappa shape index (κ1) is 52.4. The first-order chi connectivity index (χ1) is 36.1. The first-order valence-electron chi connectivity index (χ1n) is 25.5. The van der Waals surface area contributed by atoms with Gasteiger partial charge in [0.1, 0.15) is 49.3 Å². The average Bonchev–Trinajstić information content (AvgIpc) is 3.72. The summed E-state index contributed by atoms with van der Waals surface area (Å²) >= 11 is 0. The molecule has 73 heavy (non-hydrogen) atoms. The molecule has 6 aromatic carbocycles. The summed E-state index contributed by atoms with van der Waals surface area (Å²) in [5, 5.41) is 0. The van der Waals surface area contributed by atoms with Gasteiger partial charge in [0.25, 0.3) is 0 Å². The quantitative estimate of drug-likeness (QED) is 0.0642. The van der Waals surface area contributed by atoms with Crippen molar-refractivity contribution in [3.8, 4) is 0 Å². The number of rotatable bonds is 21. The average molecular weight is 992 g/mol. The van der Waals surface area contributed by atoms with Gasteiger partial charge in [-0.05, 0) is 33.4 Å². The minimum Gasteiger partial charge on any atom is -0.377 e. The van der Waals surface area contributed by atoms with Gasteiger partial charge in [-0.15, -0.1) is 6.58 Å². The van der Waals surface area contributed by atoms with Gasteiger partial charge >= 0.3 is 0 Å². The fourth-order valence-corrected chi connectivity index (χ4v) is 9.47. The van der Waals surface area contributed by atoms with Gasteiger partial charge < -0.3 is 52.1 Å². The van der Waals surface area contributed by atoms with Crippen molar-refractivity contribution in [2.24, 2.45) is 0 Å². The van der Waals surface area contributed by atoms with E-state index in [1.165, 1.54) is 0 Å². The lowest BCUT2D eigenvalue weighted by molar-refractivity contribution is -0.398. The van der Waals surface area contributed by atoms with Gasteiger partial charge in [0.05, 0.1) is 66.1 Å². The summed E-state index contributed by atoms with van der Waals surface area (Å²) in [6.07, 6.45) is -4.58. The molecule has 0 spiro atoms. The highest BCUT2D eigenvalue weighted by Gasteiger charge is 2.62. The highest BCUT2D eigenvalue weighted by Crippen LogP contribution is 2.42. The number of hydrogen-bond donors (Lipinski definition) is 0. The Labute approximate surface area is 430 Å². The largest absolute Gasteiger partial charge is 0.377 e. The molecule has 3 aliphatic heterocycles. The third-order valence-corrected chi connectivity index (χ3v) is 13.2. The van der Waals surface area contributed by atoms with Crippen molar-refractivity contribution in [1.29, 1.82) is 0 Å². The maximum atomic E-state index is 7.60. The van der Waals surface area contributed by atoms with Gasteiger partial charge in [0.15, 0.2) is 6.29 Å². The smallest absolute Gasteiger partial charge is 0.224 e. The molecule has 3 heterocycles. The Kier molecular flexibility index (Phi) is 19.9. The van der Waals surface area contributed by atoms with Crippen molar-refractivity contribution in [3.05, 3.63) is 228 Å². The van der Waals surface area contributed by atoms with Crippen LogP contribution in [-0.4, -0.2) is 112 Å². The lowest BCUT2D eigenvalue weighted by Crippen LogP contribution is -2.65. The number of hydrogen-bond acceptors (Lipinski definition) is 12. The summed E-state index contributed by atoms with van der Waals surface area (Å²) in [7, 11) is 0. The molecule has 9 rings (SSSR count). The fourth-order valence-electron chi connectivity index (χ4n) is 9.47. The molecule has 384 valence electrons. The predicted molar refractivity (Wildman–Crippen MR) is 277 cm³/mol. The highest BCUT2D eigenvalue weighted by atomic mass is 16.8. The molecule has 0 radical (unpaired) electrons. The van der Waals surface area contributed by atoms with Crippen LogP contribution in [0.15, 0.2) is 195 Å². The highest BCUT2D eigenvalue weighted by molar-refractivity contribution is 5.19. The van der Waals surface area contributed by atoms with Crippen LogP contribution in [0.1, 0.15) is 33.4 Å². The summed E-state index contributed by atoms with van der Waals surface area (Å²) in [5.74, 6) is -1.67. The second-order valence-electron chi connectivity index (χ2n) is 18.6. The third kappa shape index (κ3) is 15.1. The normalized spacial score (nSPS) is 26.0. The number of benzene rings is 6. The van der Waals surface area contributed by atoms with Crippen LogP contribution < -0.4 is 0 Å². The minimum absolute atomic E-state index is 0.0773. The van der Waals surface area contributed by atoms with Crippen LogP contribution in [0, 0.1) is 0 Å². The summed E-state index contributed by atoms with van der Waals surface area (Å²) in [4.78, 5) is 2.25. The zero-order chi connectivity index (χ0) is 49.8. The van der Waals surface area contributed by atoms with E-state index in [9.17, 15) is 0 Å². The van der Waals surface area contributed by atoms with Crippen LogP contribution in [0.2, 0.25) is 0 Å². The molecule has 0 unspecified atom stereocenters. The molecule has 0 aromatic heterocycles. The molecule has 4 bridgehead atoms. The minimum atomic E-state index is -1.67. The first-order valence-corrected chi connectivity index (χ1v) is 25.5. The van der Waals surface area contributed by atoms with E-state index in [-0.39, 0.29) is 52.9 Å². The molecule has 0 saturated carbocycles. The zero-order valence-electron chi connectivity index (χ0n) is 41.6. The number of nitrogens with zero attached hydrogens (tertiary/aromatic N) is 1. The zero-order valence-corrected chi connectivity index (χ0v) is 41.6. The fraction of sp³-hybridized carbons (Fsp3) is 0.377. The lowest BCUT2D eigenvalue weighted by Gasteiger charge is -2.48. The second-order valence-corrected chi connectivity index (χ2v) is 18.6. The van der Waals surface area contributed by atoms with E-state index in [4.69, 9.17) is 52.1 Å². The summed E-state index contributed by atoms with van der Waals surface area (Å²) in [6.45, 7) is 8.61. The number of ether oxygens (including phenoxy) is 11. The standard InChI is InChI=1S/C61H69NO11/c1-2-33-62-34-36-63-44-53-55(66-39-48-23-11-4-12-24-48)57(68-41-50-27-15-6-16-28-50)58(69-42-51-29-17-7-18-30-51)60(71-53)73-61(46-65-38-47-21-9-3-10-22-47)59(70-43-52-31-19-8-20-32-52)56(54(72-61)45-64-37-35-62)67-40-49-25-13-5-14-26-49/h2-32,53-60H,1,33-46H2/t53-,54-,55-,56-,57+,58-,59+,60-,61+/m1/s1. The molecule has 0 aliphatic carbocycles. The van der Waals surface area contributed by atoms with Gasteiger partial charge in [-0.2, -0.15) is 0 Å². The molecule has 0 amide bonds. The van der Waals surface area contributed by atoms with Crippen molar-refractivity contribution >= 4 is 0 Å². The Morgan fingerprint density at radius 1 is 0.452 bits per heavy atom. The van der Waals surface area contributed by atoms with Crippen molar-refractivity contribution in [1.82, 2.24) is 4.90 Å². The Balaban J connectivity index is 1.15. The van der Waals surface area contributed by atoms with E-state index in [2.05, 4.69) is 11.5 Å². The Morgan fingerprint density at radius 3 is 1.32 bits per heavy atom. The SMILES string of the molecule is C=CCN1CCOC[C@H]2O[C@@](COCc3ccccc3)(O[C@H]3O[C@H](COCC1)[C@@H](OCc1ccccc1)[C@H](OCc1ccccc1)[C@H]3OCc1ccccc1)[C@@H](OCc1ccccc1)[C@@H]2OCc1ccccc1. The molecule has 3 fully saturated rings. The van der Waals surface area contributed by atoms with Crippen molar-refractivity contribution in [3.63, 3.8) is 0 Å².